The normalized spacial score (nSPS) is 10.5. The number of carbonyl (C=O) groups is 1. The van der Waals surface area contributed by atoms with Gasteiger partial charge in [0.25, 0.3) is 5.91 Å². The van der Waals surface area contributed by atoms with E-state index >= 15 is 0 Å². The van der Waals surface area contributed by atoms with Crippen molar-refractivity contribution in [2.75, 3.05) is 19.8 Å². The Hall–Kier alpha value is -3.01. The highest BCUT2D eigenvalue weighted by atomic mass is 16.5. The summed E-state index contributed by atoms with van der Waals surface area (Å²) in [5.41, 5.74) is 2.20. The van der Waals surface area contributed by atoms with Gasteiger partial charge in [0, 0.05) is 0 Å². The lowest BCUT2D eigenvalue weighted by molar-refractivity contribution is -0.123. The second-order valence-corrected chi connectivity index (χ2v) is 6.26. The molecule has 0 spiro atoms. The van der Waals surface area contributed by atoms with E-state index in [4.69, 9.17) is 9.47 Å². The molecule has 0 radical (unpaired) electrons. The van der Waals surface area contributed by atoms with E-state index < -0.39 is 0 Å². The summed E-state index contributed by atoms with van der Waals surface area (Å²) < 4.78 is 11.3. The second kappa shape index (κ2) is 8.39. The summed E-state index contributed by atoms with van der Waals surface area (Å²) in [5, 5.41) is 5.11. The van der Waals surface area contributed by atoms with Crippen LogP contribution in [0.1, 0.15) is 11.1 Å². The third kappa shape index (κ3) is 4.76. The zero-order chi connectivity index (χ0) is 18.4. The number of nitrogens with one attached hydrogen (secondary N) is 1. The number of hydrogen-bond donors (Lipinski definition) is 1. The highest BCUT2D eigenvalue weighted by molar-refractivity contribution is 5.83. The predicted octanol–water partition coefficient (Wildman–Crippen LogP) is 4.03. The first-order chi connectivity index (χ1) is 12.6. The fourth-order valence-corrected chi connectivity index (χ4v) is 2.77. The Labute approximate surface area is 153 Å². The molecule has 1 amide bonds. The van der Waals surface area contributed by atoms with Gasteiger partial charge in [0.15, 0.2) is 6.61 Å². The number of ether oxygens (including phenoxy) is 2. The maximum atomic E-state index is 11.9. The van der Waals surface area contributed by atoms with E-state index in [0.29, 0.717) is 13.2 Å². The van der Waals surface area contributed by atoms with E-state index in [2.05, 4.69) is 11.4 Å². The molecule has 0 fully saturated rings. The zero-order valence-corrected chi connectivity index (χ0v) is 15.1. The number of hydrogen-bond acceptors (Lipinski definition) is 3. The lowest BCUT2D eigenvalue weighted by atomic mass is 10.1. The zero-order valence-electron chi connectivity index (χ0n) is 15.1. The molecule has 0 bridgehead atoms. The Kier molecular flexibility index (Phi) is 5.74. The summed E-state index contributed by atoms with van der Waals surface area (Å²) in [6, 6.07) is 20.0. The molecule has 0 heterocycles. The van der Waals surface area contributed by atoms with Gasteiger partial charge in [-0.2, -0.15) is 0 Å². The molecule has 0 aliphatic carbocycles. The van der Waals surface area contributed by atoms with Gasteiger partial charge in [0.05, 0.1) is 6.54 Å². The second-order valence-electron chi connectivity index (χ2n) is 6.26. The molecule has 4 heteroatoms. The first kappa shape index (κ1) is 17.8. The van der Waals surface area contributed by atoms with Gasteiger partial charge in [-0.1, -0.05) is 48.0 Å². The number of rotatable bonds is 7. The summed E-state index contributed by atoms with van der Waals surface area (Å²) in [6.45, 7) is 4.84. The smallest absolute Gasteiger partial charge is 0.258 e. The van der Waals surface area contributed by atoms with Gasteiger partial charge in [0.2, 0.25) is 0 Å². The van der Waals surface area contributed by atoms with Crippen molar-refractivity contribution in [3.05, 3.63) is 71.8 Å². The minimum Gasteiger partial charge on any atom is -0.492 e. The van der Waals surface area contributed by atoms with Crippen LogP contribution in [0.3, 0.4) is 0 Å². The molecule has 0 aliphatic rings. The average Bonchev–Trinajstić information content (AvgIpc) is 2.64. The fraction of sp³-hybridized carbons (Fsp3) is 0.227. The minimum atomic E-state index is -0.160. The monoisotopic (exact) mass is 349 g/mol. The van der Waals surface area contributed by atoms with Crippen LogP contribution in [-0.4, -0.2) is 25.7 Å². The average molecular weight is 349 g/mol. The largest absolute Gasteiger partial charge is 0.492 e. The maximum Gasteiger partial charge on any atom is 0.258 e. The van der Waals surface area contributed by atoms with Crippen molar-refractivity contribution in [2.45, 2.75) is 13.8 Å². The third-order valence-corrected chi connectivity index (χ3v) is 4.10. The first-order valence-corrected chi connectivity index (χ1v) is 8.70. The van der Waals surface area contributed by atoms with Crippen molar-refractivity contribution >= 4 is 16.7 Å². The molecule has 3 rings (SSSR count). The third-order valence-electron chi connectivity index (χ3n) is 4.10. The Balaban J connectivity index is 1.40. The Morgan fingerprint density at radius 1 is 0.923 bits per heavy atom. The minimum absolute atomic E-state index is 0.000124. The van der Waals surface area contributed by atoms with E-state index in [9.17, 15) is 4.79 Å². The van der Waals surface area contributed by atoms with Crippen LogP contribution in [0.4, 0.5) is 0 Å². The Morgan fingerprint density at radius 2 is 1.73 bits per heavy atom. The van der Waals surface area contributed by atoms with Crippen molar-refractivity contribution < 1.29 is 14.3 Å². The van der Waals surface area contributed by atoms with Crippen LogP contribution in [-0.2, 0) is 4.79 Å². The summed E-state index contributed by atoms with van der Waals surface area (Å²) in [7, 11) is 0. The molecule has 0 saturated carbocycles. The van der Waals surface area contributed by atoms with Gasteiger partial charge in [-0.05, 0) is 48.4 Å². The van der Waals surface area contributed by atoms with E-state index in [1.165, 1.54) is 10.9 Å². The van der Waals surface area contributed by atoms with E-state index in [-0.39, 0.29) is 12.5 Å². The number of carbonyl (C=O) groups excluding carboxylic acids is 1. The standard InChI is InChI=1S/C22H23NO3/c1-16-7-10-21(17(2)13-16)26-15-22(24)23-11-12-25-20-9-8-18-5-3-4-6-19(18)14-20/h3-10,13-14H,11-12,15H2,1-2H3,(H,23,24). The van der Waals surface area contributed by atoms with Gasteiger partial charge >= 0.3 is 0 Å². The van der Waals surface area contributed by atoms with Crippen LogP contribution in [0, 0.1) is 13.8 Å². The van der Waals surface area contributed by atoms with Crippen molar-refractivity contribution in [1.82, 2.24) is 5.32 Å². The van der Waals surface area contributed by atoms with E-state index in [1.54, 1.807) is 0 Å². The van der Waals surface area contributed by atoms with Crippen LogP contribution in [0.15, 0.2) is 60.7 Å². The fourth-order valence-electron chi connectivity index (χ4n) is 2.77. The number of amides is 1. The van der Waals surface area contributed by atoms with Crippen LogP contribution in [0.5, 0.6) is 11.5 Å². The van der Waals surface area contributed by atoms with Gasteiger partial charge < -0.3 is 14.8 Å². The number of benzene rings is 3. The Morgan fingerprint density at radius 3 is 2.54 bits per heavy atom. The Bertz CT molecular complexity index is 905. The van der Waals surface area contributed by atoms with Crippen LogP contribution < -0.4 is 14.8 Å². The van der Waals surface area contributed by atoms with Gasteiger partial charge in [-0.3, -0.25) is 4.79 Å². The molecular weight excluding hydrogens is 326 g/mol. The summed E-state index contributed by atoms with van der Waals surface area (Å²) in [4.78, 5) is 11.9. The lowest BCUT2D eigenvalue weighted by Crippen LogP contribution is -2.32. The lowest BCUT2D eigenvalue weighted by Gasteiger charge is -2.11. The summed E-state index contributed by atoms with van der Waals surface area (Å²) in [5.74, 6) is 1.37. The molecule has 3 aromatic rings. The van der Waals surface area contributed by atoms with Crippen LogP contribution in [0.25, 0.3) is 10.8 Å². The molecular formula is C22H23NO3. The molecule has 26 heavy (non-hydrogen) atoms. The van der Waals surface area contributed by atoms with Gasteiger partial charge in [-0.15, -0.1) is 0 Å². The van der Waals surface area contributed by atoms with E-state index in [1.807, 2.05) is 68.4 Å². The molecule has 0 aromatic heterocycles. The maximum absolute atomic E-state index is 11.9. The van der Waals surface area contributed by atoms with Gasteiger partial charge in [-0.25, -0.2) is 0 Å². The summed E-state index contributed by atoms with van der Waals surface area (Å²) >= 11 is 0. The SMILES string of the molecule is Cc1ccc(OCC(=O)NCCOc2ccc3ccccc3c2)c(C)c1. The molecule has 1 N–H and O–H groups in total. The van der Waals surface area contributed by atoms with Crippen molar-refractivity contribution in [1.29, 1.82) is 0 Å². The van der Waals surface area contributed by atoms with E-state index in [0.717, 1.165) is 22.4 Å². The molecule has 0 atom stereocenters. The highest BCUT2D eigenvalue weighted by Crippen LogP contribution is 2.20. The van der Waals surface area contributed by atoms with Crippen LogP contribution in [0.2, 0.25) is 0 Å². The van der Waals surface area contributed by atoms with Crippen molar-refractivity contribution in [3.63, 3.8) is 0 Å². The molecule has 3 aromatic carbocycles. The number of fused-ring (bicyclic) bond motifs is 1. The number of aryl methyl sites for hydroxylation is 2. The molecule has 0 unspecified atom stereocenters. The molecule has 0 saturated heterocycles. The quantitative estimate of drug-likeness (QED) is 0.655. The molecule has 134 valence electrons. The first-order valence-electron chi connectivity index (χ1n) is 8.70. The molecule has 4 nitrogen and oxygen atoms in total. The van der Waals surface area contributed by atoms with Crippen molar-refractivity contribution in [2.24, 2.45) is 0 Å². The van der Waals surface area contributed by atoms with Crippen molar-refractivity contribution in [3.8, 4) is 11.5 Å². The highest BCUT2D eigenvalue weighted by Gasteiger charge is 2.05. The topological polar surface area (TPSA) is 47.6 Å². The molecule has 0 aliphatic heterocycles. The summed E-state index contributed by atoms with van der Waals surface area (Å²) in [6.07, 6.45) is 0. The van der Waals surface area contributed by atoms with Crippen LogP contribution >= 0.6 is 0 Å². The van der Waals surface area contributed by atoms with Gasteiger partial charge in [0.1, 0.15) is 18.1 Å². The predicted molar refractivity (Wildman–Crippen MR) is 104 cm³/mol.